The second kappa shape index (κ2) is 7.56. The van der Waals surface area contributed by atoms with Crippen molar-refractivity contribution in [3.8, 4) is 0 Å². The van der Waals surface area contributed by atoms with Gasteiger partial charge in [-0.15, -0.1) is 0 Å². The van der Waals surface area contributed by atoms with E-state index in [0.29, 0.717) is 9.75 Å². The van der Waals surface area contributed by atoms with Gasteiger partial charge in [0.15, 0.2) is 6.61 Å². The van der Waals surface area contributed by atoms with Gasteiger partial charge in [0.1, 0.15) is 12.2 Å². The number of sulfonamides is 1. The monoisotopic (exact) mass is 371 g/mol. The minimum absolute atomic E-state index is 0.0152. The molecule has 2 rings (SSSR count). The number of aromatic nitrogens is 2. The van der Waals surface area contributed by atoms with Crippen LogP contribution in [0.2, 0.25) is 5.02 Å². The van der Waals surface area contributed by atoms with E-state index in [-0.39, 0.29) is 17.3 Å². The summed E-state index contributed by atoms with van der Waals surface area (Å²) in [5, 5.41) is 11.8. The highest BCUT2D eigenvalue weighted by Crippen LogP contribution is 2.14. The Hall–Kier alpha value is -2.23. The highest BCUT2D eigenvalue weighted by Gasteiger charge is 2.24. The number of halogens is 1. The molecular weight excluding hydrogens is 358 g/mol. The number of nitrogens with one attached hydrogen (secondary N) is 1. The molecule has 1 atom stereocenters. The Balaban J connectivity index is 1.98. The largest absolute Gasteiger partial charge is 0.711 e. The molecule has 128 valence electrons. The summed E-state index contributed by atoms with van der Waals surface area (Å²) >= 11 is 5.71. The maximum Gasteiger partial charge on any atom is 0.339 e. The molecule has 0 radical (unpaired) electrons. The zero-order valence-corrected chi connectivity index (χ0v) is 14.1. The fraction of sp³-hybridized carbons (Fsp3) is 0.214. The van der Waals surface area contributed by atoms with Gasteiger partial charge >= 0.3 is 11.8 Å². The number of carbonyl (C=O) groups excluding carboxylic acids is 1. The first-order valence-corrected chi connectivity index (χ1v) is 8.63. The van der Waals surface area contributed by atoms with Crippen LogP contribution in [0, 0.1) is 5.21 Å². The fourth-order valence-electron chi connectivity index (χ4n) is 1.71. The summed E-state index contributed by atoms with van der Waals surface area (Å²) in [6.45, 7) is 0.968. The first-order chi connectivity index (χ1) is 11.3. The second-order valence-electron chi connectivity index (χ2n) is 4.77. The molecule has 0 aliphatic heterocycles. The number of hydrogen-bond donors (Lipinski definition) is 1. The van der Waals surface area contributed by atoms with Crippen LogP contribution in [0.4, 0.5) is 0 Å². The van der Waals surface area contributed by atoms with Gasteiger partial charge in [-0.05, 0) is 36.2 Å². The fourth-order valence-corrected chi connectivity index (χ4v) is 3.03. The molecule has 1 aromatic heterocycles. The van der Waals surface area contributed by atoms with E-state index in [2.05, 4.69) is 9.71 Å². The molecule has 0 aliphatic carbocycles. The lowest BCUT2D eigenvalue weighted by Gasteiger charge is -2.13. The van der Waals surface area contributed by atoms with Crippen LogP contribution >= 0.6 is 11.6 Å². The van der Waals surface area contributed by atoms with Gasteiger partial charge < -0.3 is 9.94 Å². The number of ether oxygens (including phenoxy) is 1. The molecule has 0 saturated heterocycles. The summed E-state index contributed by atoms with van der Waals surface area (Å²) in [5.74, 6) is -0.850. The van der Waals surface area contributed by atoms with Crippen molar-refractivity contribution in [2.24, 2.45) is 0 Å². The van der Waals surface area contributed by atoms with Gasteiger partial charge in [-0.2, -0.15) is 4.72 Å². The van der Waals surface area contributed by atoms with Crippen LogP contribution < -0.4 is 9.45 Å². The highest BCUT2D eigenvalue weighted by atomic mass is 35.5. The van der Waals surface area contributed by atoms with E-state index in [4.69, 9.17) is 16.3 Å². The smallest absolute Gasteiger partial charge is 0.339 e. The van der Waals surface area contributed by atoms with Gasteiger partial charge in [0.25, 0.3) is 0 Å². The van der Waals surface area contributed by atoms with Gasteiger partial charge in [-0.25, -0.2) is 13.1 Å². The van der Waals surface area contributed by atoms with E-state index in [9.17, 15) is 18.4 Å². The number of esters is 1. The van der Waals surface area contributed by atoms with Crippen molar-refractivity contribution in [1.82, 2.24) is 9.71 Å². The molecule has 0 bridgehead atoms. The van der Waals surface area contributed by atoms with Gasteiger partial charge in [-0.1, -0.05) is 11.6 Å². The third kappa shape index (κ3) is 4.63. The van der Waals surface area contributed by atoms with Crippen molar-refractivity contribution in [2.45, 2.75) is 24.5 Å². The standard InChI is InChI=1S/C14H14ClN3O5S/c1-10(14(19)23-9-13-16-7-2-8-18(13)20)17-24(21,22)12-5-3-11(15)4-6-12/h2-8,10,17H,9H2,1H3/t10-/m0/s1. The van der Waals surface area contributed by atoms with Crippen LogP contribution in [0.3, 0.4) is 0 Å². The predicted molar refractivity (Wildman–Crippen MR) is 84.2 cm³/mol. The lowest BCUT2D eigenvalue weighted by Crippen LogP contribution is -2.40. The van der Waals surface area contributed by atoms with E-state index >= 15 is 0 Å². The summed E-state index contributed by atoms with van der Waals surface area (Å²) in [6, 6.07) is 5.77. The molecule has 10 heteroatoms. The van der Waals surface area contributed by atoms with E-state index < -0.39 is 22.0 Å². The molecule has 0 saturated carbocycles. The lowest BCUT2D eigenvalue weighted by molar-refractivity contribution is -0.620. The molecule has 0 fully saturated rings. The molecule has 1 aromatic carbocycles. The van der Waals surface area contributed by atoms with Crippen LogP contribution in [0.25, 0.3) is 0 Å². The number of benzene rings is 1. The van der Waals surface area contributed by atoms with Crippen LogP contribution in [0.5, 0.6) is 0 Å². The van der Waals surface area contributed by atoms with Crippen molar-refractivity contribution in [1.29, 1.82) is 0 Å². The quantitative estimate of drug-likeness (QED) is 0.456. The van der Waals surface area contributed by atoms with Crippen molar-refractivity contribution in [2.75, 3.05) is 0 Å². The van der Waals surface area contributed by atoms with Crippen LogP contribution in [0.1, 0.15) is 12.7 Å². The molecule has 0 unspecified atom stereocenters. The molecule has 2 aromatic rings. The zero-order valence-electron chi connectivity index (χ0n) is 12.5. The molecule has 8 nitrogen and oxygen atoms in total. The van der Waals surface area contributed by atoms with E-state index in [1.54, 1.807) is 0 Å². The summed E-state index contributed by atoms with van der Waals surface area (Å²) in [6.07, 6.45) is 2.59. The van der Waals surface area contributed by atoms with Gasteiger partial charge in [-0.3, -0.25) is 4.79 Å². The van der Waals surface area contributed by atoms with E-state index in [1.807, 2.05) is 0 Å². The molecule has 1 heterocycles. The maximum atomic E-state index is 12.2. The summed E-state index contributed by atoms with van der Waals surface area (Å²) < 4.78 is 31.9. The van der Waals surface area contributed by atoms with E-state index in [0.717, 1.165) is 0 Å². The summed E-state index contributed by atoms with van der Waals surface area (Å²) in [7, 11) is -3.90. The second-order valence-corrected chi connectivity index (χ2v) is 6.92. The molecule has 0 amide bonds. The van der Waals surface area contributed by atoms with Crippen LogP contribution in [0.15, 0.2) is 47.6 Å². The molecule has 0 spiro atoms. The van der Waals surface area contributed by atoms with Gasteiger partial charge in [0.05, 0.1) is 11.1 Å². The van der Waals surface area contributed by atoms with Crippen molar-refractivity contribution in [3.05, 3.63) is 58.8 Å². The normalized spacial score (nSPS) is 12.6. The van der Waals surface area contributed by atoms with Crippen molar-refractivity contribution < 1.29 is 22.7 Å². The first-order valence-electron chi connectivity index (χ1n) is 6.77. The third-order valence-corrected chi connectivity index (χ3v) is 4.75. The minimum atomic E-state index is -3.90. The Bertz CT molecular complexity index is 827. The Labute approximate surface area is 143 Å². The summed E-state index contributed by atoms with van der Waals surface area (Å²) in [5.41, 5.74) is 0. The summed E-state index contributed by atoms with van der Waals surface area (Å²) in [4.78, 5) is 15.6. The highest BCUT2D eigenvalue weighted by molar-refractivity contribution is 7.89. The van der Waals surface area contributed by atoms with Crippen molar-refractivity contribution >= 4 is 27.6 Å². The Morgan fingerprint density at radius 1 is 1.42 bits per heavy atom. The minimum Gasteiger partial charge on any atom is -0.711 e. The molecule has 1 N–H and O–H groups in total. The topological polar surface area (TPSA) is 112 Å². The average molecular weight is 372 g/mol. The van der Waals surface area contributed by atoms with Gasteiger partial charge in [0.2, 0.25) is 10.0 Å². The maximum absolute atomic E-state index is 12.2. The Kier molecular flexibility index (Phi) is 5.71. The van der Waals surface area contributed by atoms with Crippen molar-refractivity contribution in [3.63, 3.8) is 0 Å². The Morgan fingerprint density at radius 2 is 2.08 bits per heavy atom. The van der Waals surface area contributed by atoms with Gasteiger partial charge in [0, 0.05) is 11.1 Å². The third-order valence-electron chi connectivity index (χ3n) is 2.94. The number of rotatable bonds is 6. The lowest BCUT2D eigenvalue weighted by atomic mass is 10.4. The SMILES string of the molecule is C[C@H](NS(=O)(=O)c1ccc(Cl)cc1)C(=O)OCc1nccc[n+]1[O-]. The average Bonchev–Trinajstić information content (AvgIpc) is 2.53. The molecular formula is C14H14ClN3O5S. The number of nitrogens with zero attached hydrogens (tertiary/aromatic N) is 2. The predicted octanol–water partition coefficient (Wildman–Crippen LogP) is 0.779. The number of hydrogen-bond acceptors (Lipinski definition) is 6. The first kappa shape index (κ1) is 18.1. The van der Waals surface area contributed by atoms with E-state index in [1.165, 1.54) is 49.6 Å². The molecule has 24 heavy (non-hydrogen) atoms. The molecule has 0 aliphatic rings. The Morgan fingerprint density at radius 3 is 2.71 bits per heavy atom. The van der Waals surface area contributed by atoms with Crippen LogP contribution in [-0.4, -0.2) is 25.4 Å². The number of carbonyl (C=O) groups is 1. The zero-order chi connectivity index (χ0) is 17.7. The van der Waals surface area contributed by atoms with Crippen LogP contribution in [-0.2, 0) is 26.2 Å².